The Morgan fingerprint density at radius 1 is 1.40 bits per heavy atom. The van der Waals surface area contributed by atoms with E-state index in [1.165, 1.54) is 0 Å². The fourth-order valence-corrected chi connectivity index (χ4v) is 2.68. The topological polar surface area (TPSA) is 53.3 Å². The van der Waals surface area contributed by atoms with Gasteiger partial charge in [0.15, 0.2) is 0 Å². The van der Waals surface area contributed by atoms with E-state index >= 15 is 0 Å². The highest BCUT2D eigenvalue weighted by molar-refractivity contribution is 5.95. The van der Waals surface area contributed by atoms with E-state index in [1.807, 2.05) is 4.90 Å². The molecule has 3 rings (SSSR count). The highest BCUT2D eigenvalue weighted by Crippen LogP contribution is 2.30. The molecule has 0 aromatic heterocycles. The summed E-state index contributed by atoms with van der Waals surface area (Å²) < 4.78 is 5.40. The van der Waals surface area contributed by atoms with Gasteiger partial charge in [0, 0.05) is 30.7 Å². The molecule has 20 heavy (non-hydrogen) atoms. The molecular weight excluding hydrogens is 252 g/mol. The second-order valence-corrected chi connectivity index (χ2v) is 5.61. The SMILES string of the molecule is N#Cc1cccc(C(=O)N(C[C@@H]2CCOC2)C2CC2)c1. The van der Waals surface area contributed by atoms with Gasteiger partial charge in [-0.3, -0.25) is 4.79 Å². The second-order valence-electron chi connectivity index (χ2n) is 5.61. The van der Waals surface area contributed by atoms with Gasteiger partial charge in [-0.25, -0.2) is 0 Å². The first-order valence-electron chi connectivity index (χ1n) is 7.17. The molecule has 0 radical (unpaired) electrons. The number of nitriles is 1. The molecule has 1 aliphatic carbocycles. The number of benzene rings is 1. The van der Waals surface area contributed by atoms with Gasteiger partial charge >= 0.3 is 0 Å². The zero-order valence-corrected chi connectivity index (χ0v) is 11.4. The van der Waals surface area contributed by atoms with Crippen molar-refractivity contribution in [3.05, 3.63) is 35.4 Å². The van der Waals surface area contributed by atoms with E-state index in [0.717, 1.165) is 39.0 Å². The lowest BCUT2D eigenvalue weighted by Gasteiger charge is -2.25. The molecular formula is C16H18N2O2. The van der Waals surface area contributed by atoms with Gasteiger partial charge in [0.1, 0.15) is 0 Å². The fourth-order valence-electron chi connectivity index (χ4n) is 2.68. The highest BCUT2D eigenvalue weighted by Gasteiger charge is 2.35. The fraction of sp³-hybridized carbons (Fsp3) is 0.500. The summed E-state index contributed by atoms with van der Waals surface area (Å²) in [6, 6.07) is 9.45. The van der Waals surface area contributed by atoms with Crippen LogP contribution in [0, 0.1) is 17.2 Å². The smallest absolute Gasteiger partial charge is 0.254 e. The number of carbonyl (C=O) groups excluding carboxylic acids is 1. The molecule has 4 nitrogen and oxygen atoms in total. The lowest BCUT2D eigenvalue weighted by molar-refractivity contribution is 0.0706. The van der Waals surface area contributed by atoms with Crippen LogP contribution in [0.25, 0.3) is 0 Å². The van der Waals surface area contributed by atoms with Crippen LogP contribution in [0.1, 0.15) is 35.2 Å². The number of carbonyl (C=O) groups is 1. The molecule has 1 heterocycles. The highest BCUT2D eigenvalue weighted by atomic mass is 16.5. The van der Waals surface area contributed by atoms with E-state index in [0.29, 0.717) is 23.1 Å². The van der Waals surface area contributed by atoms with Crippen molar-refractivity contribution in [3.8, 4) is 6.07 Å². The summed E-state index contributed by atoms with van der Waals surface area (Å²) in [6.07, 6.45) is 3.23. The molecule has 0 unspecified atom stereocenters. The molecule has 1 aromatic carbocycles. The molecule has 1 aliphatic heterocycles. The van der Waals surface area contributed by atoms with Gasteiger partial charge in [0.25, 0.3) is 5.91 Å². The maximum Gasteiger partial charge on any atom is 0.254 e. The van der Waals surface area contributed by atoms with Crippen LogP contribution >= 0.6 is 0 Å². The summed E-state index contributed by atoms with van der Waals surface area (Å²) in [7, 11) is 0. The van der Waals surface area contributed by atoms with Gasteiger partial charge in [-0.1, -0.05) is 6.07 Å². The van der Waals surface area contributed by atoms with E-state index in [-0.39, 0.29) is 5.91 Å². The number of ether oxygens (including phenoxy) is 1. The van der Waals surface area contributed by atoms with Crippen LogP contribution in [0.15, 0.2) is 24.3 Å². The summed E-state index contributed by atoms with van der Waals surface area (Å²) >= 11 is 0. The first-order chi connectivity index (χ1) is 9.78. The average Bonchev–Trinajstić information content (AvgIpc) is 3.20. The minimum Gasteiger partial charge on any atom is -0.381 e. The van der Waals surface area contributed by atoms with Crippen LogP contribution in [0.2, 0.25) is 0 Å². The Balaban J connectivity index is 1.76. The van der Waals surface area contributed by atoms with Gasteiger partial charge in [-0.05, 0) is 37.5 Å². The van der Waals surface area contributed by atoms with Gasteiger partial charge < -0.3 is 9.64 Å². The maximum atomic E-state index is 12.7. The van der Waals surface area contributed by atoms with Crippen LogP contribution < -0.4 is 0 Å². The van der Waals surface area contributed by atoms with E-state index < -0.39 is 0 Å². The molecule has 2 fully saturated rings. The molecule has 1 atom stereocenters. The normalized spacial score (nSPS) is 21.4. The first-order valence-corrected chi connectivity index (χ1v) is 7.17. The summed E-state index contributed by atoms with van der Waals surface area (Å²) in [5.74, 6) is 0.509. The van der Waals surface area contributed by atoms with E-state index in [1.54, 1.807) is 24.3 Å². The predicted octanol–water partition coefficient (Wildman–Crippen LogP) is 2.20. The van der Waals surface area contributed by atoms with Crippen molar-refractivity contribution < 1.29 is 9.53 Å². The standard InChI is InChI=1S/C16H18N2O2/c17-9-12-2-1-3-14(8-12)16(19)18(15-4-5-15)10-13-6-7-20-11-13/h1-3,8,13,15H,4-7,10-11H2/t13-/m0/s1. The van der Waals surface area contributed by atoms with Crippen LogP contribution in [-0.4, -0.2) is 36.6 Å². The molecule has 0 N–H and O–H groups in total. The third-order valence-electron chi connectivity index (χ3n) is 3.97. The molecule has 0 spiro atoms. The van der Waals surface area contributed by atoms with Crippen molar-refractivity contribution in [3.63, 3.8) is 0 Å². The molecule has 0 bridgehead atoms. The summed E-state index contributed by atoms with van der Waals surface area (Å²) in [6.45, 7) is 2.34. The Kier molecular flexibility index (Phi) is 3.70. The zero-order chi connectivity index (χ0) is 13.9. The Hall–Kier alpha value is -1.86. The number of nitrogens with zero attached hydrogens (tertiary/aromatic N) is 2. The van der Waals surface area contributed by atoms with E-state index in [2.05, 4.69) is 6.07 Å². The van der Waals surface area contributed by atoms with Crippen molar-refractivity contribution in [2.75, 3.05) is 19.8 Å². The number of amides is 1. The number of hydrogen-bond acceptors (Lipinski definition) is 3. The van der Waals surface area contributed by atoms with Crippen molar-refractivity contribution in [2.45, 2.75) is 25.3 Å². The monoisotopic (exact) mass is 270 g/mol. The molecule has 1 saturated heterocycles. The average molecular weight is 270 g/mol. The van der Waals surface area contributed by atoms with Crippen molar-refractivity contribution in [1.82, 2.24) is 4.90 Å². The van der Waals surface area contributed by atoms with Crippen LogP contribution in [0.5, 0.6) is 0 Å². The predicted molar refractivity (Wildman–Crippen MR) is 74.1 cm³/mol. The molecule has 1 aromatic rings. The summed E-state index contributed by atoms with van der Waals surface area (Å²) in [4.78, 5) is 14.6. The zero-order valence-electron chi connectivity index (χ0n) is 11.4. The Labute approximate surface area is 118 Å². The minimum absolute atomic E-state index is 0.0523. The van der Waals surface area contributed by atoms with E-state index in [9.17, 15) is 4.79 Å². The van der Waals surface area contributed by atoms with Gasteiger partial charge in [0.2, 0.25) is 0 Å². The van der Waals surface area contributed by atoms with Gasteiger partial charge in [-0.15, -0.1) is 0 Å². The molecule has 2 aliphatic rings. The Morgan fingerprint density at radius 2 is 2.25 bits per heavy atom. The molecule has 1 saturated carbocycles. The summed E-state index contributed by atoms with van der Waals surface area (Å²) in [5.41, 5.74) is 1.16. The summed E-state index contributed by atoms with van der Waals surface area (Å²) in [5, 5.41) is 8.94. The van der Waals surface area contributed by atoms with Crippen molar-refractivity contribution in [2.24, 2.45) is 5.92 Å². The Bertz CT molecular complexity index is 540. The minimum atomic E-state index is 0.0523. The third-order valence-corrected chi connectivity index (χ3v) is 3.97. The lowest BCUT2D eigenvalue weighted by Crippen LogP contribution is -2.37. The largest absolute Gasteiger partial charge is 0.381 e. The second kappa shape index (κ2) is 5.64. The maximum absolute atomic E-state index is 12.7. The first kappa shape index (κ1) is 13.1. The van der Waals surface area contributed by atoms with Crippen molar-refractivity contribution in [1.29, 1.82) is 5.26 Å². The van der Waals surface area contributed by atoms with Crippen molar-refractivity contribution >= 4 is 5.91 Å². The quantitative estimate of drug-likeness (QED) is 0.842. The van der Waals surface area contributed by atoms with Crippen LogP contribution in [0.3, 0.4) is 0 Å². The third kappa shape index (κ3) is 2.83. The number of rotatable bonds is 4. The lowest BCUT2D eigenvalue weighted by atomic mass is 10.1. The van der Waals surface area contributed by atoms with Gasteiger partial charge in [-0.2, -0.15) is 5.26 Å². The molecule has 104 valence electrons. The Morgan fingerprint density at radius 3 is 2.90 bits per heavy atom. The molecule has 4 heteroatoms. The molecule has 1 amide bonds. The van der Waals surface area contributed by atoms with Crippen LogP contribution in [-0.2, 0) is 4.74 Å². The number of hydrogen-bond donors (Lipinski definition) is 0. The van der Waals surface area contributed by atoms with Gasteiger partial charge in [0.05, 0.1) is 18.2 Å². The van der Waals surface area contributed by atoms with Crippen LogP contribution in [0.4, 0.5) is 0 Å². The van der Waals surface area contributed by atoms with E-state index in [4.69, 9.17) is 10.00 Å².